The molecule has 0 aliphatic carbocycles. The van der Waals surface area contributed by atoms with E-state index in [9.17, 15) is 14.4 Å². The number of aromatic amines is 1. The van der Waals surface area contributed by atoms with Crippen molar-refractivity contribution in [3.05, 3.63) is 57.9 Å². The number of carbonyl (C=O) groups excluding carboxylic acids is 3. The Kier molecular flexibility index (Phi) is 6.10. The van der Waals surface area contributed by atoms with Crippen molar-refractivity contribution in [1.82, 2.24) is 4.98 Å². The van der Waals surface area contributed by atoms with Gasteiger partial charge in [0, 0.05) is 18.4 Å². The highest BCUT2D eigenvalue weighted by Gasteiger charge is 2.26. The molecule has 1 heterocycles. The van der Waals surface area contributed by atoms with Gasteiger partial charge in [0.25, 0.3) is 0 Å². The maximum Gasteiger partial charge on any atom is 0.338 e. The van der Waals surface area contributed by atoms with E-state index in [1.807, 2.05) is 6.07 Å². The highest BCUT2D eigenvalue weighted by atomic mass is 16.5. The van der Waals surface area contributed by atoms with Crippen LogP contribution in [0.1, 0.15) is 61.9 Å². The van der Waals surface area contributed by atoms with Gasteiger partial charge in [-0.1, -0.05) is 12.1 Å². The second-order valence-corrected chi connectivity index (χ2v) is 6.23. The summed E-state index contributed by atoms with van der Waals surface area (Å²) in [6.07, 6.45) is -0.981. The van der Waals surface area contributed by atoms with Crippen molar-refractivity contribution >= 4 is 17.5 Å². The van der Waals surface area contributed by atoms with Crippen LogP contribution in [0.15, 0.2) is 24.3 Å². The first-order valence-corrected chi connectivity index (χ1v) is 8.29. The summed E-state index contributed by atoms with van der Waals surface area (Å²) in [5.41, 5.74) is 3.18. The standard InChI is InChI=1S/C20H23NO5/c1-11-17(13(3)22)12(2)21-18(11)19(23)14(4)26-20(24)16-8-6-7-15(9-16)10-25-5/h6-9,14,21H,10H2,1-5H3/t14-/m1/s1. The average Bonchev–Trinajstić information content (AvgIpc) is 2.89. The maximum absolute atomic E-state index is 12.7. The Morgan fingerprint density at radius 3 is 2.46 bits per heavy atom. The van der Waals surface area contributed by atoms with E-state index in [0.29, 0.717) is 34.7 Å². The fourth-order valence-corrected chi connectivity index (χ4v) is 2.96. The number of aryl methyl sites for hydroxylation is 1. The van der Waals surface area contributed by atoms with E-state index in [1.165, 1.54) is 13.8 Å². The molecule has 0 bridgehead atoms. The number of Topliss-reactive ketones (excluding diaryl/α,β-unsaturated/α-hetero) is 2. The second kappa shape index (κ2) is 8.10. The number of nitrogens with one attached hydrogen (secondary N) is 1. The Labute approximate surface area is 152 Å². The first-order chi connectivity index (χ1) is 12.3. The molecule has 26 heavy (non-hydrogen) atoms. The molecular formula is C20H23NO5. The number of carbonyl (C=O) groups is 3. The van der Waals surface area contributed by atoms with E-state index in [0.717, 1.165) is 5.56 Å². The highest BCUT2D eigenvalue weighted by molar-refractivity contribution is 6.05. The minimum absolute atomic E-state index is 0.116. The lowest BCUT2D eigenvalue weighted by Gasteiger charge is -2.13. The second-order valence-electron chi connectivity index (χ2n) is 6.23. The lowest BCUT2D eigenvalue weighted by atomic mass is 10.0. The highest BCUT2D eigenvalue weighted by Crippen LogP contribution is 2.21. The van der Waals surface area contributed by atoms with E-state index in [1.54, 1.807) is 39.2 Å². The van der Waals surface area contributed by atoms with Crippen molar-refractivity contribution in [2.75, 3.05) is 7.11 Å². The number of benzene rings is 1. The van der Waals surface area contributed by atoms with Crippen LogP contribution in [0.25, 0.3) is 0 Å². The van der Waals surface area contributed by atoms with Gasteiger partial charge < -0.3 is 14.5 Å². The van der Waals surface area contributed by atoms with Crippen LogP contribution in [0.2, 0.25) is 0 Å². The molecule has 0 saturated carbocycles. The molecule has 0 aliphatic rings. The van der Waals surface area contributed by atoms with E-state index in [2.05, 4.69) is 4.98 Å². The molecule has 6 heteroatoms. The van der Waals surface area contributed by atoms with E-state index >= 15 is 0 Å². The zero-order valence-electron chi connectivity index (χ0n) is 15.6. The Morgan fingerprint density at radius 2 is 1.88 bits per heavy atom. The van der Waals surface area contributed by atoms with Crippen molar-refractivity contribution in [3.8, 4) is 0 Å². The Hall–Kier alpha value is -2.73. The quantitative estimate of drug-likeness (QED) is 0.606. The van der Waals surface area contributed by atoms with Crippen LogP contribution in [0.5, 0.6) is 0 Å². The van der Waals surface area contributed by atoms with Gasteiger partial charge in [-0.05, 0) is 51.0 Å². The number of aromatic nitrogens is 1. The van der Waals surface area contributed by atoms with Gasteiger partial charge in [-0.25, -0.2) is 4.79 Å². The number of esters is 1. The van der Waals surface area contributed by atoms with Crippen LogP contribution >= 0.6 is 0 Å². The van der Waals surface area contributed by atoms with Crippen LogP contribution in [-0.2, 0) is 16.1 Å². The van der Waals surface area contributed by atoms with Crippen molar-refractivity contribution in [2.24, 2.45) is 0 Å². The zero-order valence-corrected chi connectivity index (χ0v) is 15.6. The predicted octanol–water partition coefficient (Wildman–Crippen LogP) is 3.41. The van der Waals surface area contributed by atoms with Crippen LogP contribution in [0.4, 0.5) is 0 Å². The van der Waals surface area contributed by atoms with Crippen molar-refractivity contribution in [1.29, 1.82) is 0 Å². The van der Waals surface area contributed by atoms with E-state index in [4.69, 9.17) is 9.47 Å². The normalized spacial score (nSPS) is 11.9. The van der Waals surface area contributed by atoms with Crippen molar-refractivity contribution < 1.29 is 23.9 Å². The molecule has 2 rings (SSSR count). The molecule has 0 radical (unpaired) electrons. The van der Waals surface area contributed by atoms with Gasteiger partial charge in [0.15, 0.2) is 11.9 Å². The minimum Gasteiger partial charge on any atom is -0.451 e. The third-order valence-corrected chi connectivity index (χ3v) is 4.16. The number of ketones is 2. The zero-order chi connectivity index (χ0) is 19.4. The molecule has 0 unspecified atom stereocenters. The summed E-state index contributed by atoms with van der Waals surface area (Å²) in [6.45, 7) is 6.79. The fraction of sp³-hybridized carbons (Fsp3) is 0.350. The monoisotopic (exact) mass is 357 g/mol. The number of hydrogen-bond donors (Lipinski definition) is 1. The van der Waals surface area contributed by atoms with Gasteiger partial charge in [0.1, 0.15) is 0 Å². The van der Waals surface area contributed by atoms with Gasteiger partial charge in [-0.15, -0.1) is 0 Å². The summed E-state index contributed by atoms with van der Waals surface area (Å²) in [5, 5.41) is 0. The van der Waals surface area contributed by atoms with Gasteiger partial charge in [-0.3, -0.25) is 9.59 Å². The van der Waals surface area contributed by atoms with Gasteiger partial charge >= 0.3 is 5.97 Å². The molecular weight excluding hydrogens is 334 g/mol. The first-order valence-electron chi connectivity index (χ1n) is 8.29. The van der Waals surface area contributed by atoms with Crippen LogP contribution in [0, 0.1) is 13.8 Å². The van der Waals surface area contributed by atoms with Crippen LogP contribution in [-0.4, -0.2) is 35.7 Å². The third-order valence-electron chi connectivity index (χ3n) is 4.16. The Balaban J connectivity index is 2.17. The molecule has 1 N–H and O–H groups in total. The number of hydrogen-bond acceptors (Lipinski definition) is 5. The molecule has 0 aliphatic heterocycles. The number of ether oxygens (including phenoxy) is 2. The van der Waals surface area contributed by atoms with Crippen molar-refractivity contribution in [2.45, 2.75) is 40.4 Å². The topological polar surface area (TPSA) is 85.5 Å². The van der Waals surface area contributed by atoms with Crippen LogP contribution < -0.4 is 0 Å². The summed E-state index contributed by atoms with van der Waals surface area (Å²) in [6, 6.07) is 6.86. The number of methoxy groups -OCH3 is 1. The summed E-state index contributed by atoms with van der Waals surface area (Å²) in [4.78, 5) is 39.6. The van der Waals surface area contributed by atoms with E-state index in [-0.39, 0.29) is 11.6 Å². The number of H-pyrrole nitrogens is 1. The molecule has 1 atom stereocenters. The van der Waals surface area contributed by atoms with Crippen LogP contribution in [0.3, 0.4) is 0 Å². The third kappa shape index (κ3) is 4.08. The smallest absolute Gasteiger partial charge is 0.338 e. The summed E-state index contributed by atoms with van der Waals surface area (Å²) in [7, 11) is 1.57. The summed E-state index contributed by atoms with van der Waals surface area (Å²) >= 11 is 0. The minimum atomic E-state index is -0.981. The molecule has 0 amide bonds. The average molecular weight is 357 g/mol. The lowest BCUT2D eigenvalue weighted by molar-refractivity contribution is 0.0316. The first kappa shape index (κ1) is 19.6. The van der Waals surface area contributed by atoms with Gasteiger partial charge in [0.2, 0.25) is 5.78 Å². The van der Waals surface area contributed by atoms with Gasteiger partial charge in [-0.2, -0.15) is 0 Å². The largest absolute Gasteiger partial charge is 0.451 e. The fourth-order valence-electron chi connectivity index (χ4n) is 2.96. The summed E-state index contributed by atoms with van der Waals surface area (Å²) in [5.74, 6) is -1.08. The Bertz CT molecular complexity index is 850. The lowest BCUT2D eigenvalue weighted by Crippen LogP contribution is -2.25. The molecule has 0 saturated heterocycles. The molecule has 2 aromatic rings. The Morgan fingerprint density at radius 1 is 1.19 bits per heavy atom. The molecule has 6 nitrogen and oxygen atoms in total. The predicted molar refractivity (Wildman–Crippen MR) is 96.6 cm³/mol. The molecule has 1 aromatic carbocycles. The molecule has 138 valence electrons. The number of rotatable bonds is 7. The SMILES string of the molecule is COCc1cccc(C(=O)O[C@H](C)C(=O)c2[nH]c(C)c(C(C)=O)c2C)c1. The molecule has 1 aromatic heterocycles. The maximum atomic E-state index is 12.7. The van der Waals surface area contributed by atoms with Gasteiger partial charge in [0.05, 0.1) is 17.9 Å². The van der Waals surface area contributed by atoms with E-state index < -0.39 is 12.1 Å². The van der Waals surface area contributed by atoms with Crippen molar-refractivity contribution in [3.63, 3.8) is 0 Å². The summed E-state index contributed by atoms with van der Waals surface area (Å²) < 4.78 is 10.4. The molecule has 0 fully saturated rings. The molecule has 0 spiro atoms.